The lowest BCUT2D eigenvalue weighted by molar-refractivity contribution is 0.928. The maximum Gasteiger partial charge on any atom is 0.178 e. The Labute approximate surface area is 63.7 Å². The molecule has 2 aromatic rings. The summed E-state index contributed by atoms with van der Waals surface area (Å²) in [5.74, 6) is 0. The van der Waals surface area contributed by atoms with Crippen LogP contribution in [0, 0.1) is 6.92 Å². The highest BCUT2D eigenvalue weighted by Gasteiger charge is 1.99. The molecule has 0 aliphatic rings. The van der Waals surface area contributed by atoms with Gasteiger partial charge in [0.1, 0.15) is 0 Å². The molecular weight excluding hydrogens is 140 g/mol. The molecule has 2 rings (SSSR count). The number of fused-ring (bicyclic) bond motifs is 1. The fraction of sp³-hybridized carbons (Fsp3) is 0.143. The first-order chi connectivity index (χ1) is 5.27. The van der Waals surface area contributed by atoms with Gasteiger partial charge in [-0.3, -0.25) is 0 Å². The molecule has 0 atom stereocenters. The van der Waals surface area contributed by atoms with Gasteiger partial charge >= 0.3 is 0 Å². The molecule has 0 bridgehead atoms. The largest absolute Gasteiger partial charge is 0.394 e. The van der Waals surface area contributed by atoms with E-state index < -0.39 is 0 Å². The van der Waals surface area contributed by atoms with Gasteiger partial charge in [0.2, 0.25) is 0 Å². The third-order valence-electron chi connectivity index (χ3n) is 1.51. The van der Waals surface area contributed by atoms with Crippen LogP contribution in [0.3, 0.4) is 0 Å². The quantitative estimate of drug-likeness (QED) is 0.595. The number of rotatable bonds is 0. The van der Waals surface area contributed by atoms with Gasteiger partial charge in [-0.2, -0.15) is 5.10 Å². The summed E-state index contributed by atoms with van der Waals surface area (Å²) in [5, 5.41) is 4.01. The zero-order chi connectivity index (χ0) is 7.84. The molecule has 2 N–H and O–H groups in total. The topological polar surface area (TPSA) is 56.2 Å². The Bertz CT molecular complexity index is 390. The van der Waals surface area contributed by atoms with E-state index in [1.165, 1.54) is 0 Å². The summed E-state index contributed by atoms with van der Waals surface area (Å²) >= 11 is 0. The van der Waals surface area contributed by atoms with Gasteiger partial charge in [0.25, 0.3) is 0 Å². The number of aryl methyl sites for hydroxylation is 1. The third kappa shape index (κ3) is 0.832. The summed E-state index contributed by atoms with van der Waals surface area (Å²) in [7, 11) is 0. The fourth-order valence-corrected chi connectivity index (χ4v) is 0.986. The van der Waals surface area contributed by atoms with Crippen molar-refractivity contribution in [2.75, 3.05) is 5.73 Å². The highest BCUT2D eigenvalue weighted by molar-refractivity contribution is 5.62. The van der Waals surface area contributed by atoms with E-state index in [4.69, 9.17) is 5.73 Å². The second kappa shape index (κ2) is 1.95. The number of anilines is 1. The zero-order valence-corrected chi connectivity index (χ0v) is 6.15. The Morgan fingerprint density at radius 2 is 2.27 bits per heavy atom. The van der Waals surface area contributed by atoms with Crippen molar-refractivity contribution in [3.05, 3.63) is 24.2 Å². The molecule has 0 aliphatic heterocycles. The predicted octanol–water partition coefficient (Wildman–Crippen LogP) is 0.620. The molecule has 0 fully saturated rings. The van der Waals surface area contributed by atoms with E-state index in [-0.39, 0.29) is 0 Å². The van der Waals surface area contributed by atoms with Crippen LogP contribution in [0.25, 0.3) is 5.65 Å². The van der Waals surface area contributed by atoms with Gasteiger partial charge < -0.3 is 5.73 Å². The molecule has 2 aromatic heterocycles. The van der Waals surface area contributed by atoms with Crippen LogP contribution in [0.5, 0.6) is 0 Å². The minimum atomic E-state index is 0.616. The van der Waals surface area contributed by atoms with E-state index in [0.29, 0.717) is 5.69 Å². The Hall–Kier alpha value is -1.58. The van der Waals surface area contributed by atoms with Gasteiger partial charge in [-0.15, -0.1) is 0 Å². The van der Waals surface area contributed by atoms with Gasteiger partial charge in [-0.25, -0.2) is 9.50 Å². The highest BCUT2D eigenvalue weighted by atomic mass is 15.2. The molecule has 0 unspecified atom stereocenters. The maximum absolute atomic E-state index is 5.58. The number of aromatic nitrogens is 3. The van der Waals surface area contributed by atoms with Gasteiger partial charge in [0.15, 0.2) is 5.65 Å². The summed E-state index contributed by atoms with van der Waals surface area (Å²) in [4.78, 5) is 4.12. The van der Waals surface area contributed by atoms with E-state index in [1.807, 2.05) is 13.1 Å². The third-order valence-corrected chi connectivity index (χ3v) is 1.51. The average Bonchev–Trinajstić information content (AvgIpc) is 2.32. The Balaban J connectivity index is 2.86. The SMILES string of the molecule is Cc1cnc2c(N)cnn2c1. The number of nitrogen functional groups attached to an aromatic ring is 1. The smallest absolute Gasteiger partial charge is 0.178 e. The molecular formula is C7H8N4. The maximum atomic E-state index is 5.58. The number of hydrogen-bond donors (Lipinski definition) is 1. The Morgan fingerprint density at radius 3 is 3.09 bits per heavy atom. The lowest BCUT2D eigenvalue weighted by atomic mass is 10.4. The van der Waals surface area contributed by atoms with E-state index >= 15 is 0 Å². The van der Waals surface area contributed by atoms with Crippen LogP contribution >= 0.6 is 0 Å². The number of hydrogen-bond acceptors (Lipinski definition) is 3. The van der Waals surface area contributed by atoms with E-state index in [9.17, 15) is 0 Å². The van der Waals surface area contributed by atoms with Crippen molar-refractivity contribution in [1.82, 2.24) is 14.6 Å². The average molecular weight is 148 g/mol. The van der Waals surface area contributed by atoms with Gasteiger partial charge in [-0.05, 0) is 12.5 Å². The number of nitrogens with two attached hydrogens (primary N) is 1. The molecule has 0 amide bonds. The second-order valence-corrected chi connectivity index (χ2v) is 2.50. The summed E-state index contributed by atoms with van der Waals surface area (Å²) in [6.07, 6.45) is 5.26. The van der Waals surface area contributed by atoms with Crippen LogP contribution in [0.1, 0.15) is 5.56 Å². The normalized spacial score (nSPS) is 10.6. The monoisotopic (exact) mass is 148 g/mol. The Kier molecular flexibility index (Phi) is 1.09. The summed E-state index contributed by atoms with van der Waals surface area (Å²) < 4.78 is 1.67. The zero-order valence-electron chi connectivity index (χ0n) is 6.15. The van der Waals surface area contributed by atoms with Crippen LogP contribution in [0.15, 0.2) is 18.6 Å². The van der Waals surface area contributed by atoms with E-state index in [1.54, 1.807) is 16.9 Å². The van der Waals surface area contributed by atoms with Crippen LogP contribution in [-0.4, -0.2) is 14.6 Å². The molecule has 4 heteroatoms. The summed E-state index contributed by atoms with van der Waals surface area (Å²) in [6, 6.07) is 0. The molecule has 0 aromatic carbocycles. The number of nitrogens with zero attached hydrogens (tertiary/aromatic N) is 3. The van der Waals surface area contributed by atoms with Crippen LogP contribution in [-0.2, 0) is 0 Å². The molecule has 0 spiro atoms. The lowest BCUT2D eigenvalue weighted by Crippen LogP contribution is -1.92. The summed E-state index contributed by atoms with van der Waals surface area (Å²) in [6.45, 7) is 1.96. The predicted molar refractivity (Wildman–Crippen MR) is 42.1 cm³/mol. The minimum Gasteiger partial charge on any atom is -0.394 e. The van der Waals surface area contributed by atoms with Crippen molar-refractivity contribution in [2.24, 2.45) is 0 Å². The van der Waals surface area contributed by atoms with Gasteiger partial charge in [0.05, 0.1) is 11.9 Å². The van der Waals surface area contributed by atoms with Crippen molar-refractivity contribution < 1.29 is 0 Å². The van der Waals surface area contributed by atoms with Crippen molar-refractivity contribution in [3.8, 4) is 0 Å². The van der Waals surface area contributed by atoms with Crippen molar-refractivity contribution in [3.63, 3.8) is 0 Å². The molecule has 2 heterocycles. The first kappa shape index (κ1) is 6.15. The minimum absolute atomic E-state index is 0.616. The molecule has 0 saturated heterocycles. The standard InChI is InChI=1S/C7H8N4/c1-5-2-9-7-6(8)3-10-11(7)4-5/h2-4H,8H2,1H3. The molecule has 56 valence electrons. The van der Waals surface area contributed by atoms with Gasteiger partial charge in [0, 0.05) is 12.4 Å². The molecule has 0 radical (unpaired) electrons. The Morgan fingerprint density at radius 1 is 1.45 bits per heavy atom. The summed E-state index contributed by atoms with van der Waals surface area (Å²) in [5.41, 5.74) is 7.98. The molecule has 4 nitrogen and oxygen atoms in total. The van der Waals surface area contributed by atoms with Crippen LogP contribution in [0.2, 0.25) is 0 Å². The molecule has 11 heavy (non-hydrogen) atoms. The van der Waals surface area contributed by atoms with Crippen molar-refractivity contribution >= 4 is 11.3 Å². The van der Waals surface area contributed by atoms with Crippen molar-refractivity contribution in [2.45, 2.75) is 6.92 Å². The van der Waals surface area contributed by atoms with E-state index in [2.05, 4.69) is 10.1 Å². The first-order valence-corrected chi connectivity index (χ1v) is 3.33. The highest BCUT2D eigenvalue weighted by Crippen LogP contribution is 2.08. The molecule has 0 saturated carbocycles. The lowest BCUT2D eigenvalue weighted by Gasteiger charge is -1.93. The second-order valence-electron chi connectivity index (χ2n) is 2.50. The van der Waals surface area contributed by atoms with E-state index in [0.717, 1.165) is 11.2 Å². The fourth-order valence-electron chi connectivity index (χ4n) is 0.986. The van der Waals surface area contributed by atoms with Crippen molar-refractivity contribution in [1.29, 1.82) is 0 Å². The van der Waals surface area contributed by atoms with Crippen LogP contribution < -0.4 is 5.73 Å². The van der Waals surface area contributed by atoms with Gasteiger partial charge in [-0.1, -0.05) is 0 Å². The molecule has 0 aliphatic carbocycles. The first-order valence-electron chi connectivity index (χ1n) is 3.33. The van der Waals surface area contributed by atoms with Crippen LogP contribution in [0.4, 0.5) is 5.69 Å².